The Morgan fingerprint density at radius 1 is 1.36 bits per heavy atom. The van der Waals surface area contributed by atoms with Crippen LogP contribution in [0.25, 0.3) is 0 Å². The number of halogens is 4. The normalized spacial score (nSPS) is 21.0. The Labute approximate surface area is 88.8 Å². The zero-order chi connectivity index (χ0) is 11.2. The summed E-state index contributed by atoms with van der Waals surface area (Å²) in [4.78, 5) is 0. The first kappa shape index (κ1) is 13.9. The number of allylic oxidation sites excluding steroid dienone is 2. The molecule has 0 spiro atoms. The monoisotopic (exact) mass is 247 g/mol. The van der Waals surface area contributed by atoms with Gasteiger partial charge in [0.05, 0.1) is 7.05 Å². The van der Waals surface area contributed by atoms with Gasteiger partial charge in [0.25, 0.3) is 0 Å². The van der Waals surface area contributed by atoms with E-state index in [1.165, 1.54) is 9.33 Å². The first-order valence-corrected chi connectivity index (χ1v) is 5.73. The summed E-state index contributed by atoms with van der Waals surface area (Å²) in [7, 11) is -3.85. The highest BCUT2D eigenvalue weighted by Crippen LogP contribution is 2.10. The zero-order valence-electron chi connectivity index (χ0n) is 7.64. The molecule has 82 valence electrons. The fraction of sp³-hybridized carbons (Fsp3) is 0.333. The predicted octanol–water partition coefficient (Wildman–Crippen LogP) is 2.18. The van der Waals surface area contributed by atoms with E-state index in [1.807, 2.05) is 0 Å². The molecule has 8 heteroatoms. The molecule has 0 amide bonds. The van der Waals surface area contributed by atoms with Crippen molar-refractivity contribution < 1.29 is 21.6 Å². The molecule has 0 fully saturated rings. The quantitative estimate of drug-likeness (QED) is 0.430. The van der Waals surface area contributed by atoms with Crippen molar-refractivity contribution in [3.05, 3.63) is 22.6 Å². The predicted molar refractivity (Wildman–Crippen MR) is 55.4 cm³/mol. The molecule has 0 aromatic rings. The average molecular weight is 247 g/mol. The summed E-state index contributed by atoms with van der Waals surface area (Å²) in [6, 6.07) is 0. The van der Waals surface area contributed by atoms with Gasteiger partial charge in [0.1, 0.15) is 11.9 Å². The number of quaternary nitrogens is 1. The lowest BCUT2D eigenvalue weighted by atomic mass is 10.3. The molecule has 1 rings (SSSR count). The van der Waals surface area contributed by atoms with Crippen LogP contribution in [0.5, 0.6) is 0 Å². The lowest BCUT2D eigenvalue weighted by Gasteiger charge is -2.11. The van der Waals surface area contributed by atoms with Crippen LogP contribution in [0.3, 0.4) is 0 Å². The second kappa shape index (κ2) is 6.42. The van der Waals surface area contributed by atoms with Gasteiger partial charge in [-0.2, -0.15) is 0 Å². The number of rotatable bonds is 1. The Kier molecular flexibility index (Phi) is 6.38. The van der Waals surface area contributed by atoms with Crippen LogP contribution in [0, 0.1) is 0 Å². The molecule has 14 heavy (non-hydrogen) atoms. The third-order valence-electron chi connectivity index (χ3n) is 1.14. The van der Waals surface area contributed by atoms with Gasteiger partial charge in [0.15, 0.2) is 5.03 Å². The van der Waals surface area contributed by atoms with E-state index in [-0.39, 0.29) is 0 Å². The number of nitrogens with one attached hydrogen (secondary N) is 1. The lowest BCUT2D eigenvalue weighted by Crippen LogP contribution is -2.99. The van der Waals surface area contributed by atoms with E-state index < -0.39 is 7.25 Å². The van der Waals surface area contributed by atoms with Gasteiger partial charge in [-0.25, -0.2) is 4.31 Å². The highest BCUT2D eigenvalue weighted by molar-refractivity contribution is 8.03. The number of hydrogen-bond donors (Lipinski definition) is 1. The van der Waals surface area contributed by atoms with Crippen molar-refractivity contribution in [2.75, 3.05) is 13.3 Å². The molecule has 1 nitrogen and oxygen atoms in total. The minimum absolute atomic E-state index is 1.39. The number of thioether (sulfide) groups is 1. The van der Waals surface area contributed by atoms with Crippen molar-refractivity contribution in [3.8, 4) is 0 Å². The van der Waals surface area contributed by atoms with Crippen LogP contribution in [0.15, 0.2) is 22.6 Å². The average Bonchev–Trinajstić information content (AvgIpc) is 2.02. The van der Waals surface area contributed by atoms with Crippen molar-refractivity contribution in [2.24, 2.45) is 0 Å². The molecular weight excluding hydrogens is 237 g/mol. The van der Waals surface area contributed by atoms with E-state index in [0.717, 1.165) is 0 Å². The van der Waals surface area contributed by atoms with Crippen LogP contribution < -0.4 is 4.31 Å². The Balaban J connectivity index is 0.000000292. The van der Waals surface area contributed by atoms with Gasteiger partial charge in [-0.1, -0.05) is 11.8 Å². The first-order valence-electron chi connectivity index (χ1n) is 3.63. The molecule has 0 bridgehead atoms. The highest BCUT2D eigenvalue weighted by atomic mass is 32.2. The summed E-state index contributed by atoms with van der Waals surface area (Å²) in [6.07, 6.45) is 6.34. The Bertz CT molecular complexity index is 222. The molecule has 1 heterocycles. The summed E-state index contributed by atoms with van der Waals surface area (Å²) >= 11 is 3.60. The van der Waals surface area contributed by atoms with Crippen LogP contribution in [-0.2, 0) is 0 Å². The molecule has 0 aliphatic carbocycles. The van der Waals surface area contributed by atoms with Gasteiger partial charge in [0, 0.05) is 11.5 Å². The first-order chi connectivity index (χ1) is 6.34. The van der Waals surface area contributed by atoms with Gasteiger partial charge >= 0.3 is 7.25 Å². The highest BCUT2D eigenvalue weighted by Gasteiger charge is 2.20. The summed E-state index contributed by atoms with van der Waals surface area (Å²) in [6.45, 7) is 0. The van der Waals surface area contributed by atoms with E-state index >= 15 is 0 Å². The molecule has 1 atom stereocenters. The third-order valence-corrected chi connectivity index (χ3v) is 3.02. The maximum absolute atomic E-state index is 9.75. The number of hydrogen-bond acceptors (Lipinski definition) is 2. The minimum Gasteiger partial charge on any atom is -0.418 e. The summed E-state index contributed by atoms with van der Waals surface area (Å²) in [5, 5.41) is 3.50. The van der Waals surface area contributed by atoms with Crippen LogP contribution in [0.2, 0.25) is 0 Å². The van der Waals surface area contributed by atoms with Crippen LogP contribution in [0.4, 0.5) is 17.3 Å². The van der Waals surface area contributed by atoms with E-state index in [9.17, 15) is 17.3 Å². The largest absolute Gasteiger partial charge is 0.673 e. The molecule has 0 radical (unpaired) electrons. The van der Waals surface area contributed by atoms with Gasteiger partial charge in [-0.3, -0.25) is 0 Å². The molecule has 0 aromatic carbocycles. The molecule has 0 aromatic heterocycles. The molecule has 1 unspecified atom stereocenters. The topological polar surface area (TPSA) is 4.44 Å². The van der Waals surface area contributed by atoms with Crippen molar-refractivity contribution in [3.63, 3.8) is 0 Å². The van der Waals surface area contributed by atoms with Crippen LogP contribution in [0.1, 0.15) is 0 Å². The fourth-order valence-corrected chi connectivity index (χ4v) is 2.10. The maximum Gasteiger partial charge on any atom is 0.673 e. The zero-order valence-corrected chi connectivity index (χ0v) is 9.27. The van der Waals surface area contributed by atoms with Gasteiger partial charge < -0.3 is 17.3 Å². The third kappa shape index (κ3) is 8.52. The van der Waals surface area contributed by atoms with Crippen molar-refractivity contribution in [1.29, 1.82) is 0 Å². The van der Waals surface area contributed by atoms with Gasteiger partial charge in [-0.05, 0) is 12.3 Å². The van der Waals surface area contributed by atoms with E-state index in [4.69, 9.17) is 0 Å². The lowest BCUT2D eigenvalue weighted by molar-refractivity contribution is -0.671. The summed E-state index contributed by atoms with van der Waals surface area (Å²) in [5.41, 5.74) is 0. The van der Waals surface area contributed by atoms with E-state index in [1.54, 1.807) is 23.7 Å². The second-order valence-corrected chi connectivity index (χ2v) is 4.20. The van der Waals surface area contributed by atoms with Crippen molar-refractivity contribution in [2.45, 2.75) is 0 Å². The minimum atomic E-state index is -6.00. The Morgan fingerprint density at radius 2 is 1.86 bits per heavy atom. The molecule has 1 aliphatic heterocycles. The van der Waals surface area contributed by atoms with E-state index in [2.05, 4.69) is 30.9 Å². The second-order valence-electron chi connectivity index (χ2n) is 2.23. The molecule has 1 aliphatic rings. The van der Waals surface area contributed by atoms with Gasteiger partial charge in [-0.15, -0.1) is 0 Å². The van der Waals surface area contributed by atoms with Crippen molar-refractivity contribution >= 4 is 31.0 Å². The van der Waals surface area contributed by atoms with E-state index in [0.29, 0.717) is 0 Å². The molecule has 0 saturated heterocycles. The smallest absolute Gasteiger partial charge is 0.418 e. The summed E-state index contributed by atoms with van der Waals surface area (Å²) in [5.74, 6) is 0. The Morgan fingerprint density at radius 3 is 2.14 bits per heavy atom. The molecular formula is C6H10BF4NS2. The fourth-order valence-electron chi connectivity index (χ4n) is 0.655. The standard InChI is InChI=1S/C6H9NS2.BF4/c1-7-6(8-2)4-3-5-9-7;2-1(3,4)5/h3-5H,1-2H3;/q;-1/p+1. The van der Waals surface area contributed by atoms with Crippen LogP contribution in [-0.4, -0.2) is 20.6 Å². The van der Waals surface area contributed by atoms with Crippen LogP contribution >= 0.6 is 23.7 Å². The molecule has 0 saturated carbocycles. The summed E-state index contributed by atoms with van der Waals surface area (Å²) < 4.78 is 40.4. The Hall–Kier alpha value is -0.0751. The maximum atomic E-state index is 9.75. The molecule has 1 N–H and O–H groups in total. The van der Waals surface area contributed by atoms with Crippen molar-refractivity contribution in [1.82, 2.24) is 0 Å². The SMILES string of the molecule is CSC1=CC=CS[NH+]1C.F[B-](F)(F)F. The van der Waals surface area contributed by atoms with Gasteiger partial charge in [0.2, 0.25) is 0 Å².